The van der Waals surface area contributed by atoms with Crippen molar-refractivity contribution in [2.75, 3.05) is 5.01 Å². The first kappa shape index (κ1) is 16.6. The van der Waals surface area contributed by atoms with Crippen LogP contribution in [-0.2, 0) is 0 Å². The summed E-state index contributed by atoms with van der Waals surface area (Å²) >= 11 is 6.02. The molecule has 130 valence electrons. The van der Waals surface area contributed by atoms with Crippen molar-refractivity contribution in [2.45, 2.75) is 12.5 Å². The number of rotatable bonds is 3. The van der Waals surface area contributed by atoms with Gasteiger partial charge in [-0.05, 0) is 48.0 Å². The van der Waals surface area contributed by atoms with Crippen LogP contribution >= 0.6 is 11.6 Å². The number of para-hydroxylation sites is 1. The molecule has 0 aliphatic carbocycles. The maximum atomic E-state index is 13.7. The van der Waals surface area contributed by atoms with Crippen LogP contribution in [0.5, 0.6) is 5.75 Å². The van der Waals surface area contributed by atoms with E-state index in [1.807, 2.05) is 59.6 Å². The van der Waals surface area contributed by atoms with Gasteiger partial charge in [-0.3, -0.25) is 5.01 Å². The molecule has 1 N–H and O–H groups in total. The fourth-order valence-corrected chi connectivity index (χ4v) is 3.30. The molecule has 0 unspecified atom stereocenters. The van der Waals surface area contributed by atoms with Crippen LogP contribution in [0, 0.1) is 5.82 Å². The van der Waals surface area contributed by atoms with Crippen molar-refractivity contribution in [3.63, 3.8) is 0 Å². The highest BCUT2D eigenvalue weighted by molar-refractivity contribution is 6.30. The number of hydrogen-bond donors (Lipinski definition) is 1. The summed E-state index contributed by atoms with van der Waals surface area (Å²) in [5.41, 5.74) is 3.04. The average Bonchev–Trinajstić information content (AvgIpc) is 3.10. The molecule has 0 saturated carbocycles. The minimum absolute atomic E-state index is 0.0231. The van der Waals surface area contributed by atoms with E-state index in [4.69, 9.17) is 16.7 Å². The molecule has 0 radical (unpaired) electrons. The number of hydrogen-bond acceptors (Lipinski definition) is 3. The molecule has 4 rings (SSSR count). The van der Waals surface area contributed by atoms with Gasteiger partial charge in [0.05, 0.1) is 17.4 Å². The van der Waals surface area contributed by atoms with Gasteiger partial charge in [0.25, 0.3) is 0 Å². The Hall–Kier alpha value is -2.85. The summed E-state index contributed by atoms with van der Waals surface area (Å²) in [6.07, 6.45) is 0.549. The smallest absolute Gasteiger partial charge is 0.124 e. The summed E-state index contributed by atoms with van der Waals surface area (Å²) in [6.45, 7) is 0. The van der Waals surface area contributed by atoms with Crippen LogP contribution in [0.2, 0.25) is 5.02 Å². The van der Waals surface area contributed by atoms with Crippen LogP contribution in [0.3, 0.4) is 0 Å². The highest BCUT2D eigenvalue weighted by Crippen LogP contribution is 2.38. The van der Waals surface area contributed by atoms with E-state index in [0.717, 1.165) is 11.3 Å². The normalized spacial score (nSPS) is 16.6. The van der Waals surface area contributed by atoms with E-state index in [1.165, 1.54) is 18.2 Å². The monoisotopic (exact) mass is 366 g/mol. The molecule has 0 aromatic heterocycles. The zero-order valence-corrected chi connectivity index (χ0v) is 14.6. The molecule has 3 nitrogen and oxygen atoms in total. The van der Waals surface area contributed by atoms with Gasteiger partial charge in [0, 0.05) is 17.0 Å². The highest BCUT2D eigenvalue weighted by atomic mass is 35.5. The highest BCUT2D eigenvalue weighted by Gasteiger charge is 2.31. The van der Waals surface area contributed by atoms with Crippen molar-refractivity contribution in [3.05, 3.63) is 94.8 Å². The van der Waals surface area contributed by atoms with E-state index in [2.05, 4.69) is 0 Å². The standard InChI is InChI=1S/C21H16ClFN2O/c22-15-8-6-14(7-9-15)20-13-19(18-12-16(23)10-11-21(18)26)24-25(20)17-4-2-1-3-5-17/h1-12,20,26H,13H2/t20-/m0/s1. The molecule has 1 aliphatic heterocycles. The maximum absolute atomic E-state index is 13.7. The predicted octanol–water partition coefficient (Wildman–Crippen LogP) is 5.54. The number of anilines is 1. The quantitative estimate of drug-likeness (QED) is 0.660. The second kappa shape index (κ2) is 6.81. The zero-order valence-electron chi connectivity index (χ0n) is 13.8. The lowest BCUT2D eigenvalue weighted by atomic mass is 9.97. The van der Waals surface area contributed by atoms with E-state index in [-0.39, 0.29) is 11.8 Å². The summed E-state index contributed by atoms with van der Waals surface area (Å²) < 4.78 is 13.7. The molecule has 0 amide bonds. The van der Waals surface area contributed by atoms with Gasteiger partial charge in [-0.15, -0.1) is 0 Å². The van der Waals surface area contributed by atoms with Crippen LogP contribution in [0.25, 0.3) is 0 Å². The first-order valence-electron chi connectivity index (χ1n) is 8.28. The Morgan fingerprint density at radius 1 is 1.00 bits per heavy atom. The molecule has 0 fully saturated rings. The molecule has 0 spiro atoms. The molecule has 3 aromatic rings. The molecule has 26 heavy (non-hydrogen) atoms. The van der Waals surface area contributed by atoms with E-state index in [0.29, 0.717) is 22.7 Å². The van der Waals surface area contributed by atoms with Gasteiger partial charge in [0.1, 0.15) is 11.6 Å². The Labute approximate surface area is 156 Å². The van der Waals surface area contributed by atoms with Crippen LogP contribution in [0.4, 0.5) is 10.1 Å². The summed E-state index contributed by atoms with van der Waals surface area (Å²) in [4.78, 5) is 0. The van der Waals surface area contributed by atoms with Crippen LogP contribution in [0.1, 0.15) is 23.6 Å². The lowest BCUT2D eigenvalue weighted by Crippen LogP contribution is -2.18. The van der Waals surface area contributed by atoms with Crippen molar-refractivity contribution < 1.29 is 9.50 Å². The topological polar surface area (TPSA) is 35.8 Å². The van der Waals surface area contributed by atoms with Gasteiger partial charge >= 0.3 is 0 Å². The van der Waals surface area contributed by atoms with Crippen molar-refractivity contribution in [1.29, 1.82) is 0 Å². The van der Waals surface area contributed by atoms with Gasteiger partial charge in [-0.2, -0.15) is 5.10 Å². The van der Waals surface area contributed by atoms with Gasteiger partial charge in [0.15, 0.2) is 0 Å². The van der Waals surface area contributed by atoms with Crippen molar-refractivity contribution in [3.8, 4) is 5.75 Å². The van der Waals surface area contributed by atoms with E-state index in [9.17, 15) is 9.50 Å². The fourth-order valence-electron chi connectivity index (χ4n) is 3.18. The van der Waals surface area contributed by atoms with E-state index in [1.54, 1.807) is 0 Å². The number of hydrazone groups is 1. The Morgan fingerprint density at radius 2 is 1.73 bits per heavy atom. The Bertz CT molecular complexity index is 958. The first-order chi connectivity index (χ1) is 12.6. The van der Waals surface area contributed by atoms with Crippen LogP contribution < -0.4 is 5.01 Å². The Morgan fingerprint density at radius 3 is 2.46 bits per heavy atom. The van der Waals surface area contributed by atoms with Crippen molar-refractivity contribution >= 4 is 23.0 Å². The van der Waals surface area contributed by atoms with Crippen molar-refractivity contribution in [1.82, 2.24) is 0 Å². The fraction of sp³-hybridized carbons (Fsp3) is 0.0952. The molecule has 1 heterocycles. The second-order valence-electron chi connectivity index (χ2n) is 6.16. The molecule has 1 aliphatic rings. The molecule has 0 bridgehead atoms. The van der Waals surface area contributed by atoms with Gasteiger partial charge in [0.2, 0.25) is 0 Å². The minimum atomic E-state index is -0.401. The Balaban J connectivity index is 1.78. The third-order valence-electron chi connectivity index (χ3n) is 4.46. The number of halogens is 2. The molecule has 5 heteroatoms. The minimum Gasteiger partial charge on any atom is -0.507 e. The van der Waals surface area contributed by atoms with Gasteiger partial charge < -0.3 is 5.11 Å². The number of phenolic OH excluding ortho intramolecular Hbond substituents is 1. The number of phenols is 1. The van der Waals surface area contributed by atoms with E-state index >= 15 is 0 Å². The summed E-state index contributed by atoms with van der Waals surface area (Å²) in [7, 11) is 0. The average molecular weight is 367 g/mol. The molecule has 3 aromatic carbocycles. The number of nitrogens with zero attached hydrogens (tertiary/aromatic N) is 2. The number of benzene rings is 3. The summed E-state index contributed by atoms with van der Waals surface area (Å²) in [5.74, 6) is -0.378. The summed E-state index contributed by atoms with van der Waals surface area (Å²) in [6, 6.07) is 21.3. The van der Waals surface area contributed by atoms with Crippen LogP contribution in [0.15, 0.2) is 77.9 Å². The van der Waals surface area contributed by atoms with E-state index < -0.39 is 5.82 Å². The molecule has 0 saturated heterocycles. The zero-order chi connectivity index (χ0) is 18.1. The Kier molecular flexibility index (Phi) is 4.35. The van der Waals surface area contributed by atoms with Gasteiger partial charge in [-0.1, -0.05) is 41.9 Å². The van der Waals surface area contributed by atoms with Crippen molar-refractivity contribution in [2.24, 2.45) is 5.10 Å². The molecular formula is C21H16ClFN2O. The molecular weight excluding hydrogens is 351 g/mol. The SMILES string of the molecule is Oc1ccc(F)cc1C1=NN(c2ccccc2)[C@H](c2ccc(Cl)cc2)C1. The maximum Gasteiger partial charge on any atom is 0.124 e. The first-order valence-corrected chi connectivity index (χ1v) is 8.66. The lowest BCUT2D eigenvalue weighted by Gasteiger charge is -2.24. The largest absolute Gasteiger partial charge is 0.507 e. The van der Waals surface area contributed by atoms with Gasteiger partial charge in [-0.25, -0.2) is 4.39 Å². The molecule has 1 atom stereocenters. The second-order valence-corrected chi connectivity index (χ2v) is 6.60. The number of aromatic hydroxyl groups is 1. The predicted molar refractivity (Wildman–Crippen MR) is 102 cm³/mol. The third kappa shape index (κ3) is 3.16. The van der Waals surface area contributed by atoms with Crippen LogP contribution in [-0.4, -0.2) is 10.8 Å². The summed E-state index contributed by atoms with van der Waals surface area (Å²) in [5, 5.41) is 17.4. The lowest BCUT2D eigenvalue weighted by molar-refractivity contribution is 0.471. The third-order valence-corrected chi connectivity index (χ3v) is 4.71.